The second kappa shape index (κ2) is 20.4. The Hall–Kier alpha value is -9.96. The summed E-state index contributed by atoms with van der Waals surface area (Å²) in [6, 6.07) is 108. The lowest BCUT2D eigenvalue weighted by Gasteiger charge is -2.31. The van der Waals surface area contributed by atoms with Crippen LogP contribution < -0.4 is 9.80 Å². The zero-order valence-electron chi connectivity index (χ0n) is 43.1. The minimum Gasteiger partial charge on any atom is -0.310 e. The number of aromatic nitrogens is 1. The maximum Gasteiger partial charge on any atom is 0.0547 e. The molecule has 0 fully saturated rings. The van der Waals surface area contributed by atoms with Gasteiger partial charge in [0.2, 0.25) is 0 Å². The molecule has 77 heavy (non-hydrogen) atoms. The minimum atomic E-state index is 1.06. The van der Waals surface area contributed by atoms with Crippen molar-refractivity contribution in [2.45, 2.75) is 13.8 Å². The largest absolute Gasteiger partial charge is 0.310 e. The van der Waals surface area contributed by atoms with Crippen LogP contribution in [0.2, 0.25) is 0 Å². The van der Waals surface area contributed by atoms with E-state index in [0.29, 0.717) is 0 Å². The van der Waals surface area contributed by atoms with Crippen molar-refractivity contribution in [1.29, 1.82) is 0 Å². The molecular formula is C74H55N3. The van der Waals surface area contributed by atoms with Crippen molar-refractivity contribution in [2.75, 3.05) is 9.80 Å². The maximum atomic E-state index is 2.46. The van der Waals surface area contributed by atoms with Gasteiger partial charge in [-0.2, -0.15) is 0 Å². The predicted molar refractivity (Wildman–Crippen MR) is 327 cm³/mol. The number of aryl methyl sites for hydroxylation is 2. The molecule has 3 heteroatoms. The first-order chi connectivity index (χ1) is 38.1. The number of fused-ring (bicyclic) bond motifs is 3. The van der Waals surface area contributed by atoms with Gasteiger partial charge in [-0.3, -0.25) is 0 Å². The Balaban J connectivity index is 1.04. The van der Waals surface area contributed by atoms with Crippen LogP contribution >= 0.6 is 0 Å². The van der Waals surface area contributed by atoms with Crippen molar-refractivity contribution in [1.82, 2.24) is 4.57 Å². The van der Waals surface area contributed by atoms with Gasteiger partial charge in [0, 0.05) is 50.3 Å². The van der Waals surface area contributed by atoms with Crippen molar-refractivity contribution in [2.24, 2.45) is 0 Å². The molecule has 0 aliphatic rings. The van der Waals surface area contributed by atoms with Gasteiger partial charge in [0.15, 0.2) is 0 Å². The molecule has 3 nitrogen and oxygen atoms in total. The molecule has 0 amide bonds. The molecule has 0 saturated carbocycles. The van der Waals surface area contributed by atoms with Gasteiger partial charge in [-0.05, 0) is 154 Å². The summed E-state index contributed by atoms with van der Waals surface area (Å²) in [6.07, 6.45) is 0. The summed E-state index contributed by atoms with van der Waals surface area (Å²) in [5.74, 6) is 0. The molecule has 0 radical (unpaired) electrons. The van der Waals surface area contributed by atoms with Crippen molar-refractivity contribution in [3.63, 3.8) is 0 Å². The van der Waals surface area contributed by atoms with E-state index in [1.54, 1.807) is 0 Å². The Morgan fingerprint density at radius 2 is 0.688 bits per heavy atom. The first-order valence-electron chi connectivity index (χ1n) is 26.5. The molecule has 12 aromatic carbocycles. The summed E-state index contributed by atoms with van der Waals surface area (Å²) in [4.78, 5) is 4.89. The van der Waals surface area contributed by atoms with E-state index in [4.69, 9.17) is 0 Å². The number of para-hydroxylation sites is 3. The van der Waals surface area contributed by atoms with E-state index >= 15 is 0 Å². The molecule has 366 valence electrons. The first kappa shape index (κ1) is 46.8. The quantitative estimate of drug-likeness (QED) is 0.121. The summed E-state index contributed by atoms with van der Waals surface area (Å²) in [5, 5.41) is 2.43. The molecule has 0 bridgehead atoms. The Labute approximate surface area is 451 Å². The monoisotopic (exact) mass is 985 g/mol. The summed E-state index contributed by atoms with van der Waals surface area (Å²) in [6.45, 7) is 4.48. The Morgan fingerprint density at radius 3 is 1.23 bits per heavy atom. The van der Waals surface area contributed by atoms with Crippen LogP contribution in [0, 0.1) is 13.8 Å². The van der Waals surface area contributed by atoms with E-state index in [1.165, 1.54) is 66.4 Å². The van der Waals surface area contributed by atoms with Gasteiger partial charge in [0.25, 0.3) is 0 Å². The lowest BCUT2D eigenvalue weighted by molar-refractivity contribution is 1.18. The SMILES string of the molecule is Cc1ccccc1-c1c(C)ccc2c1c1cc(N(c3ccc(-c4ccccc4)cc3)c3ccccc3-c3ccccc3N(c3ccc(-c4ccccc4)cc3)c3cccc(-c4ccccc4)c3)ccc1n2-c1ccccc1. The molecule has 13 aromatic rings. The van der Waals surface area contributed by atoms with Gasteiger partial charge < -0.3 is 14.4 Å². The summed E-state index contributed by atoms with van der Waals surface area (Å²) >= 11 is 0. The molecule has 0 aliphatic carbocycles. The topological polar surface area (TPSA) is 11.4 Å². The summed E-state index contributed by atoms with van der Waals surface area (Å²) < 4.78 is 2.44. The third kappa shape index (κ3) is 8.84. The zero-order chi connectivity index (χ0) is 51.7. The van der Waals surface area contributed by atoms with Crippen LogP contribution in [-0.2, 0) is 0 Å². The van der Waals surface area contributed by atoms with Crippen LogP contribution in [0.4, 0.5) is 34.1 Å². The molecule has 1 heterocycles. The normalized spacial score (nSPS) is 11.2. The molecule has 1 aromatic heterocycles. The third-order valence-corrected chi connectivity index (χ3v) is 15.1. The van der Waals surface area contributed by atoms with E-state index in [-0.39, 0.29) is 0 Å². The highest BCUT2D eigenvalue weighted by Crippen LogP contribution is 2.49. The fourth-order valence-corrected chi connectivity index (χ4v) is 11.4. The van der Waals surface area contributed by atoms with E-state index in [2.05, 4.69) is 325 Å². The van der Waals surface area contributed by atoms with Crippen LogP contribution in [0.5, 0.6) is 0 Å². The molecule has 0 saturated heterocycles. The number of hydrogen-bond donors (Lipinski definition) is 0. The van der Waals surface area contributed by atoms with Gasteiger partial charge >= 0.3 is 0 Å². The lowest BCUT2D eigenvalue weighted by Crippen LogP contribution is -2.13. The second-order valence-corrected chi connectivity index (χ2v) is 19.8. The standard InChI is InChI=1S/C74H55N3/c1-52-22-15-16-33-65(52)73-53(2)38-48-72-74(73)68-51-64(47-49-71(68)77(72)60-30-13-6-14-31-60)76(62-45-41-58(42-46-62)55-25-9-4-10-26-55)70-37-20-18-35-67(70)66-34-17-19-36-69(66)75(61-43-39-57(40-44-61)54-23-7-3-8-24-54)63-32-21-29-59(50-63)56-27-11-5-12-28-56/h3-51H,1-2H3. The van der Waals surface area contributed by atoms with Crippen LogP contribution in [0.25, 0.3) is 83.1 Å². The molecule has 0 N–H and O–H groups in total. The summed E-state index contributed by atoms with van der Waals surface area (Å²) in [5.41, 5.74) is 24.1. The van der Waals surface area contributed by atoms with Crippen LogP contribution in [0.1, 0.15) is 11.1 Å². The van der Waals surface area contributed by atoms with Crippen molar-refractivity contribution >= 4 is 55.9 Å². The van der Waals surface area contributed by atoms with Crippen molar-refractivity contribution in [3.8, 4) is 61.3 Å². The predicted octanol–water partition coefficient (Wildman–Crippen LogP) is 20.7. The van der Waals surface area contributed by atoms with E-state index in [0.717, 1.165) is 62.0 Å². The van der Waals surface area contributed by atoms with E-state index < -0.39 is 0 Å². The fourth-order valence-electron chi connectivity index (χ4n) is 11.4. The van der Waals surface area contributed by atoms with Crippen molar-refractivity contribution in [3.05, 3.63) is 308 Å². The van der Waals surface area contributed by atoms with E-state index in [1.807, 2.05) is 0 Å². The fraction of sp³-hybridized carbons (Fsp3) is 0.0270. The molecular weight excluding hydrogens is 931 g/mol. The number of benzene rings is 12. The lowest BCUT2D eigenvalue weighted by atomic mass is 9.92. The maximum absolute atomic E-state index is 2.46. The van der Waals surface area contributed by atoms with Gasteiger partial charge in [-0.15, -0.1) is 0 Å². The van der Waals surface area contributed by atoms with Gasteiger partial charge in [-0.1, -0.05) is 212 Å². The van der Waals surface area contributed by atoms with Crippen LogP contribution in [0.3, 0.4) is 0 Å². The average Bonchev–Trinajstić information content (AvgIpc) is 3.96. The van der Waals surface area contributed by atoms with Crippen LogP contribution in [-0.4, -0.2) is 4.57 Å². The zero-order valence-corrected chi connectivity index (χ0v) is 43.1. The minimum absolute atomic E-state index is 1.06. The highest BCUT2D eigenvalue weighted by atomic mass is 15.2. The summed E-state index contributed by atoms with van der Waals surface area (Å²) in [7, 11) is 0. The van der Waals surface area contributed by atoms with Gasteiger partial charge in [0.05, 0.1) is 22.4 Å². The van der Waals surface area contributed by atoms with Crippen molar-refractivity contribution < 1.29 is 0 Å². The smallest absolute Gasteiger partial charge is 0.0547 e. The first-order valence-corrected chi connectivity index (χ1v) is 26.5. The second-order valence-electron chi connectivity index (χ2n) is 19.8. The highest BCUT2D eigenvalue weighted by molar-refractivity contribution is 6.18. The Bertz CT molecular complexity index is 4200. The number of hydrogen-bond acceptors (Lipinski definition) is 2. The Kier molecular flexibility index (Phi) is 12.4. The molecule has 0 atom stereocenters. The van der Waals surface area contributed by atoms with Gasteiger partial charge in [0.1, 0.15) is 0 Å². The van der Waals surface area contributed by atoms with Gasteiger partial charge in [-0.25, -0.2) is 0 Å². The molecule has 0 spiro atoms. The molecule has 0 unspecified atom stereocenters. The molecule has 13 rings (SSSR count). The number of nitrogens with zero attached hydrogens (tertiary/aromatic N) is 3. The molecule has 0 aliphatic heterocycles. The third-order valence-electron chi connectivity index (χ3n) is 15.1. The highest BCUT2D eigenvalue weighted by Gasteiger charge is 2.25. The van der Waals surface area contributed by atoms with Crippen LogP contribution in [0.15, 0.2) is 297 Å². The average molecular weight is 986 g/mol. The Morgan fingerprint density at radius 1 is 0.273 bits per heavy atom. The number of anilines is 6. The van der Waals surface area contributed by atoms with E-state index in [9.17, 15) is 0 Å². The number of rotatable bonds is 12.